The van der Waals surface area contributed by atoms with Crippen molar-refractivity contribution in [2.45, 2.75) is 17.7 Å². The number of sulfonamides is 1. The second kappa shape index (κ2) is 5.59. The fourth-order valence-corrected chi connectivity index (χ4v) is 4.20. The minimum Gasteiger partial charge on any atom is -0.494 e. The number of halogens is 1. The number of nitrogens with zero attached hydrogens (tertiary/aromatic N) is 1. The van der Waals surface area contributed by atoms with Crippen molar-refractivity contribution in [2.75, 3.05) is 20.2 Å². The zero-order chi connectivity index (χ0) is 14.9. The highest BCUT2D eigenvalue weighted by molar-refractivity contribution is 7.89. The van der Waals surface area contributed by atoms with Gasteiger partial charge >= 0.3 is 5.97 Å². The van der Waals surface area contributed by atoms with Gasteiger partial charge in [-0.15, -0.1) is 0 Å². The van der Waals surface area contributed by atoms with Crippen LogP contribution in [0.2, 0.25) is 5.02 Å². The third-order valence-corrected chi connectivity index (χ3v) is 5.26. The van der Waals surface area contributed by atoms with Crippen molar-refractivity contribution < 1.29 is 23.1 Å². The van der Waals surface area contributed by atoms with Gasteiger partial charge in [0.1, 0.15) is 10.5 Å². The minimum atomic E-state index is -3.80. The largest absolute Gasteiger partial charge is 0.494 e. The van der Waals surface area contributed by atoms with E-state index in [1.54, 1.807) is 0 Å². The second-order valence-electron chi connectivity index (χ2n) is 4.40. The molecule has 1 aliphatic rings. The van der Waals surface area contributed by atoms with Crippen molar-refractivity contribution in [2.24, 2.45) is 0 Å². The van der Waals surface area contributed by atoms with Gasteiger partial charge < -0.3 is 9.84 Å². The summed E-state index contributed by atoms with van der Waals surface area (Å²) in [6.07, 6.45) is 1.57. The highest BCUT2D eigenvalue weighted by Gasteiger charge is 2.32. The maximum absolute atomic E-state index is 12.5. The molecule has 0 unspecified atom stereocenters. The van der Waals surface area contributed by atoms with Crippen molar-refractivity contribution in [1.29, 1.82) is 0 Å². The van der Waals surface area contributed by atoms with Crippen LogP contribution in [0.3, 0.4) is 0 Å². The number of rotatable bonds is 4. The Kier molecular flexibility index (Phi) is 4.22. The molecule has 8 heteroatoms. The average molecular weight is 320 g/mol. The standard InChI is InChI=1S/C12H14ClNO5S/c1-19-11-9(12(15)16)6-8(13)7-10(11)20(17,18)14-4-2-3-5-14/h6-7H,2-5H2,1H3,(H,15,16). The first kappa shape index (κ1) is 15.1. The van der Waals surface area contributed by atoms with Gasteiger partial charge in [0, 0.05) is 18.1 Å². The van der Waals surface area contributed by atoms with Gasteiger partial charge in [-0.25, -0.2) is 13.2 Å². The van der Waals surface area contributed by atoms with Crippen LogP contribution in [0.5, 0.6) is 5.75 Å². The van der Waals surface area contributed by atoms with Crippen molar-refractivity contribution in [3.05, 3.63) is 22.7 Å². The van der Waals surface area contributed by atoms with E-state index in [1.807, 2.05) is 0 Å². The molecule has 1 saturated heterocycles. The van der Waals surface area contributed by atoms with E-state index >= 15 is 0 Å². The summed E-state index contributed by atoms with van der Waals surface area (Å²) in [5, 5.41) is 9.17. The number of methoxy groups -OCH3 is 1. The lowest BCUT2D eigenvalue weighted by atomic mass is 10.2. The molecule has 1 aromatic carbocycles. The van der Waals surface area contributed by atoms with Crippen LogP contribution in [0.4, 0.5) is 0 Å². The van der Waals surface area contributed by atoms with Gasteiger partial charge in [0.25, 0.3) is 0 Å². The fourth-order valence-electron chi connectivity index (χ4n) is 2.20. The van der Waals surface area contributed by atoms with Gasteiger partial charge in [-0.05, 0) is 25.0 Å². The Hall–Kier alpha value is -1.31. The normalized spacial score (nSPS) is 16.3. The van der Waals surface area contributed by atoms with Gasteiger partial charge in [-0.1, -0.05) is 11.6 Å². The summed E-state index contributed by atoms with van der Waals surface area (Å²) in [5.41, 5.74) is -0.266. The van der Waals surface area contributed by atoms with Gasteiger partial charge in [-0.3, -0.25) is 0 Å². The molecule has 0 aliphatic carbocycles. The van der Waals surface area contributed by atoms with Crippen LogP contribution in [0, 0.1) is 0 Å². The van der Waals surface area contributed by atoms with Crippen molar-refractivity contribution in [3.8, 4) is 5.75 Å². The number of carboxylic acid groups (broad SMARTS) is 1. The van der Waals surface area contributed by atoms with E-state index in [-0.39, 0.29) is 21.2 Å². The van der Waals surface area contributed by atoms with Crippen molar-refractivity contribution >= 4 is 27.6 Å². The lowest BCUT2D eigenvalue weighted by Gasteiger charge is -2.18. The second-order valence-corrected chi connectivity index (χ2v) is 6.74. The Balaban J connectivity index is 2.64. The molecule has 1 fully saturated rings. The van der Waals surface area contributed by atoms with E-state index in [4.69, 9.17) is 21.4 Å². The lowest BCUT2D eigenvalue weighted by Crippen LogP contribution is -2.28. The monoisotopic (exact) mass is 319 g/mol. The highest BCUT2D eigenvalue weighted by atomic mass is 35.5. The predicted molar refractivity (Wildman–Crippen MR) is 73.0 cm³/mol. The van der Waals surface area contributed by atoms with Crippen LogP contribution in [-0.4, -0.2) is 44.0 Å². The molecule has 0 radical (unpaired) electrons. The molecule has 0 spiro atoms. The number of benzene rings is 1. The van der Waals surface area contributed by atoms with Gasteiger partial charge in [0.15, 0.2) is 5.75 Å². The highest BCUT2D eigenvalue weighted by Crippen LogP contribution is 2.34. The van der Waals surface area contributed by atoms with E-state index in [0.29, 0.717) is 13.1 Å². The zero-order valence-electron chi connectivity index (χ0n) is 10.8. The Morgan fingerprint density at radius 3 is 2.45 bits per heavy atom. The predicted octanol–water partition coefficient (Wildman–Crippen LogP) is 1.83. The number of ether oxygens (including phenoxy) is 1. The van der Waals surface area contributed by atoms with E-state index in [0.717, 1.165) is 12.8 Å². The van der Waals surface area contributed by atoms with E-state index in [9.17, 15) is 13.2 Å². The molecule has 1 aliphatic heterocycles. The number of hydrogen-bond acceptors (Lipinski definition) is 4. The van der Waals surface area contributed by atoms with Crippen LogP contribution in [0.25, 0.3) is 0 Å². The van der Waals surface area contributed by atoms with E-state index < -0.39 is 16.0 Å². The molecule has 110 valence electrons. The van der Waals surface area contributed by atoms with Crippen LogP contribution < -0.4 is 4.74 Å². The lowest BCUT2D eigenvalue weighted by molar-refractivity contribution is 0.0693. The molecular formula is C12H14ClNO5S. The van der Waals surface area contributed by atoms with Gasteiger partial charge in [-0.2, -0.15) is 4.31 Å². The first-order chi connectivity index (χ1) is 9.37. The van der Waals surface area contributed by atoms with Crippen molar-refractivity contribution in [1.82, 2.24) is 4.31 Å². The number of carboxylic acids is 1. The Morgan fingerprint density at radius 1 is 1.35 bits per heavy atom. The summed E-state index contributed by atoms with van der Waals surface area (Å²) in [6.45, 7) is 0.834. The Bertz CT molecular complexity index is 637. The number of aromatic carboxylic acids is 1. The fraction of sp³-hybridized carbons (Fsp3) is 0.417. The Labute approximate surface area is 122 Å². The van der Waals surface area contributed by atoms with Crippen LogP contribution in [0.1, 0.15) is 23.2 Å². The van der Waals surface area contributed by atoms with Crippen molar-refractivity contribution in [3.63, 3.8) is 0 Å². The van der Waals surface area contributed by atoms with Crippen LogP contribution in [0.15, 0.2) is 17.0 Å². The molecule has 2 rings (SSSR count). The maximum atomic E-state index is 12.5. The molecule has 0 aromatic heterocycles. The molecule has 0 bridgehead atoms. The van der Waals surface area contributed by atoms with E-state index in [2.05, 4.69) is 0 Å². The average Bonchev–Trinajstić information content (AvgIpc) is 2.92. The summed E-state index contributed by atoms with van der Waals surface area (Å²) >= 11 is 5.83. The number of carbonyl (C=O) groups is 1. The SMILES string of the molecule is COc1c(C(=O)O)cc(Cl)cc1S(=O)(=O)N1CCCC1. The molecular weight excluding hydrogens is 306 g/mol. The van der Waals surface area contributed by atoms with Gasteiger partial charge in [0.05, 0.1) is 7.11 Å². The third kappa shape index (κ3) is 2.61. The van der Waals surface area contributed by atoms with Gasteiger partial charge in [0.2, 0.25) is 10.0 Å². The van der Waals surface area contributed by atoms with Crippen LogP contribution >= 0.6 is 11.6 Å². The first-order valence-electron chi connectivity index (χ1n) is 5.99. The minimum absolute atomic E-state index is 0.0426. The van der Waals surface area contributed by atoms with Crippen LogP contribution in [-0.2, 0) is 10.0 Å². The summed E-state index contributed by atoms with van der Waals surface area (Å²) in [5.74, 6) is -1.48. The van der Waals surface area contributed by atoms with E-state index in [1.165, 1.54) is 23.5 Å². The molecule has 0 atom stereocenters. The molecule has 1 aromatic rings. The quantitative estimate of drug-likeness (QED) is 0.915. The summed E-state index contributed by atoms with van der Waals surface area (Å²) < 4.78 is 31.4. The number of hydrogen-bond donors (Lipinski definition) is 1. The molecule has 0 saturated carbocycles. The molecule has 1 heterocycles. The molecule has 6 nitrogen and oxygen atoms in total. The topological polar surface area (TPSA) is 83.9 Å². The third-order valence-electron chi connectivity index (χ3n) is 3.14. The molecule has 1 N–H and O–H groups in total. The summed E-state index contributed by atoms with van der Waals surface area (Å²) in [4.78, 5) is 11.0. The summed E-state index contributed by atoms with van der Waals surface area (Å²) in [7, 11) is -2.56. The zero-order valence-corrected chi connectivity index (χ0v) is 12.4. The molecule has 20 heavy (non-hydrogen) atoms. The summed E-state index contributed by atoms with van der Waals surface area (Å²) in [6, 6.07) is 2.40. The smallest absolute Gasteiger partial charge is 0.339 e. The Morgan fingerprint density at radius 2 is 1.95 bits per heavy atom. The first-order valence-corrected chi connectivity index (χ1v) is 7.80. The molecule has 0 amide bonds. The maximum Gasteiger partial charge on any atom is 0.339 e.